The molecule has 1 aliphatic rings. The number of nitrogens with one attached hydrogen (secondary N) is 2. The number of hydrogen-bond acceptors (Lipinski definition) is 7. The van der Waals surface area contributed by atoms with Crippen molar-refractivity contribution >= 4 is 15.7 Å². The summed E-state index contributed by atoms with van der Waals surface area (Å²) < 4.78 is 35.4. The van der Waals surface area contributed by atoms with E-state index >= 15 is 0 Å². The van der Waals surface area contributed by atoms with E-state index in [0.717, 1.165) is 18.7 Å². The Labute approximate surface area is 169 Å². The van der Waals surface area contributed by atoms with Gasteiger partial charge in [-0.3, -0.25) is 9.55 Å². The zero-order chi connectivity index (χ0) is 20.4. The van der Waals surface area contributed by atoms with Crippen LogP contribution in [0.5, 0.6) is 11.8 Å². The number of anilines is 1. The van der Waals surface area contributed by atoms with Gasteiger partial charge in [0.05, 0.1) is 6.04 Å². The largest absolute Gasteiger partial charge is 0.424 e. The number of nitrogens with zero attached hydrogens (tertiary/aromatic N) is 4. The molecular formula is C19H22N6O3S. The number of pyridine rings is 1. The molecule has 0 fully saturated rings. The summed E-state index contributed by atoms with van der Waals surface area (Å²) in [5, 5.41) is 11.6. The molecule has 29 heavy (non-hydrogen) atoms. The summed E-state index contributed by atoms with van der Waals surface area (Å²) in [5.74, 6) is 1.12. The average molecular weight is 414 g/mol. The Balaban J connectivity index is 1.55. The van der Waals surface area contributed by atoms with E-state index in [9.17, 15) is 8.42 Å². The van der Waals surface area contributed by atoms with Gasteiger partial charge in [-0.1, -0.05) is 11.2 Å². The molecule has 10 heteroatoms. The Morgan fingerprint density at radius 3 is 2.93 bits per heavy atom. The van der Waals surface area contributed by atoms with Gasteiger partial charge in [0.25, 0.3) is 0 Å². The number of fused-ring (bicyclic) bond motifs is 1. The van der Waals surface area contributed by atoms with E-state index in [1.54, 1.807) is 17.6 Å². The van der Waals surface area contributed by atoms with Gasteiger partial charge in [-0.25, -0.2) is 13.1 Å². The van der Waals surface area contributed by atoms with Crippen LogP contribution in [0.4, 0.5) is 5.69 Å². The molecule has 0 saturated heterocycles. The first-order chi connectivity index (χ1) is 14.0. The molecule has 2 aromatic heterocycles. The van der Waals surface area contributed by atoms with Crippen LogP contribution in [0, 0.1) is 0 Å². The molecule has 0 amide bonds. The molecule has 0 bridgehead atoms. The Hall–Kier alpha value is -2.98. The summed E-state index contributed by atoms with van der Waals surface area (Å²) in [5.41, 5.74) is 2.32. The van der Waals surface area contributed by atoms with Gasteiger partial charge in [0.2, 0.25) is 10.0 Å². The van der Waals surface area contributed by atoms with Crippen molar-refractivity contribution < 1.29 is 13.2 Å². The third kappa shape index (κ3) is 3.94. The number of sulfonamides is 1. The molecule has 1 aromatic carbocycles. The predicted molar refractivity (Wildman–Crippen MR) is 107 cm³/mol. The number of ether oxygens (including phenoxy) is 1. The van der Waals surface area contributed by atoms with Crippen molar-refractivity contribution in [2.24, 2.45) is 0 Å². The maximum atomic E-state index is 12.6. The molecule has 0 spiro atoms. The van der Waals surface area contributed by atoms with E-state index in [4.69, 9.17) is 4.74 Å². The van der Waals surface area contributed by atoms with Crippen LogP contribution < -0.4 is 14.8 Å². The van der Waals surface area contributed by atoms with Crippen LogP contribution in [0.2, 0.25) is 0 Å². The van der Waals surface area contributed by atoms with Gasteiger partial charge in [-0.2, -0.15) is 0 Å². The molecule has 3 aromatic rings. The van der Waals surface area contributed by atoms with E-state index in [1.165, 1.54) is 24.0 Å². The van der Waals surface area contributed by atoms with Crippen LogP contribution in [-0.4, -0.2) is 34.7 Å². The minimum atomic E-state index is -3.73. The Bertz CT molecular complexity index is 1110. The van der Waals surface area contributed by atoms with E-state index in [0.29, 0.717) is 24.1 Å². The fraction of sp³-hybridized carbons (Fsp3) is 0.316. The molecule has 1 aliphatic heterocycles. The molecule has 0 saturated carbocycles. The fourth-order valence-corrected chi connectivity index (χ4v) is 4.46. The molecule has 152 valence electrons. The smallest absolute Gasteiger partial charge is 0.322 e. The second-order valence-electron chi connectivity index (χ2n) is 6.71. The minimum Gasteiger partial charge on any atom is -0.424 e. The monoisotopic (exact) mass is 414 g/mol. The lowest BCUT2D eigenvalue weighted by atomic mass is 10.2. The molecule has 9 nitrogen and oxygen atoms in total. The molecule has 0 aliphatic carbocycles. The molecule has 3 heterocycles. The van der Waals surface area contributed by atoms with E-state index in [-0.39, 0.29) is 4.90 Å². The zero-order valence-electron chi connectivity index (χ0n) is 16.2. The van der Waals surface area contributed by atoms with Gasteiger partial charge in [0.1, 0.15) is 10.6 Å². The summed E-state index contributed by atoms with van der Waals surface area (Å²) in [4.78, 5) is 3.96. The van der Waals surface area contributed by atoms with Crippen LogP contribution in [-0.2, 0) is 23.0 Å². The van der Waals surface area contributed by atoms with Crippen LogP contribution in [0.15, 0.2) is 47.6 Å². The van der Waals surface area contributed by atoms with E-state index < -0.39 is 16.1 Å². The number of benzene rings is 1. The predicted octanol–water partition coefficient (Wildman–Crippen LogP) is 2.49. The van der Waals surface area contributed by atoms with Crippen LogP contribution >= 0.6 is 0 Å². The number of rotatable bonds is 7. The highest BCUT2D eigenvalue weighted by atomic mass is 32.2. The first kappa shape index (κ1) is 19.3. The summed E-state index contributed by atoms with van der Waals surface area (Å²) in [6.45, 7) is 5.09. The quantitative estimate of drug-likeness (QED) is 0.611. The molecule has 0 radical (unpaired) electrons. The maximum absolute atomic E-state index is 12.6. The van der Waals surface area contributed by atoms with Crippen molar-refractivity contribution in [3.05, 3.63) is 54.1 Å². The Kier molecular flexibility index (Phi) is 5.20. The highest BCUT2D eigenvalue weighted by Crippen LogP contribution is 2.30. The lowest BCUT2D eigenvalue weighted by molar-refractivity contribution is 0.408. The van der Waals surface area contributed by atoms with Gasteiger partial charge >= 0.3 is 6.01 Å². The summed E-state index contributed by atoms with van der Waals surface area (Å²) in [7, 11) is -3.73. The second-order valence-corrected chi connectivity index (χ2v) is 8.43. The van der Waals surface area contributed by atoms with Gasteiger partial charge in [0.15, 0.2) is 5.82 Å². The van der Waals surface area contributed by atoms with Gasteiger partial charge < -0.3 is 10.1 Å². The molecule has 2 N–H and O–H groups in total. The van der Waals surface area contributed by atoms with Crippen molar-refractivity contribution in [2.75, 3.05) is 11.9 Å². The maximum Gasteiger partial charge on any atom is 0.322 e. The van der Waals surface area contributed by atoms with Gasteiger partial charge in [-0.15, -0.1) is 5.10 Å². The van der Waals surface area contributed by atoms with Crippen LogP contribution in [0.1, 0.15) is 31.3 Å². The third-order valence-corrected chi connectivity index (χ3v) is 6.25. The van der Waals surface area contributed by atoms with E-state index in [1.807, 2.05) is 25.1 Å². The van der Waals surface area contributed by atoms with Gasteiger partial charge in [-0.05, 0) is 44.0 Å². The fourth-order valence-electron chi connectivity index (χ4n) is 3.29. The van der Waals surface area contributed by atoms with Crippen LogP contribution in [0.25, 0.3) is 0 Å². The standard InChI is InChI=1S/C19H22N6O3S/c1-3-25-18(13(2)24-29(26,27)16-5-4-9-20-12-16)22-23-19(25)28-15-7-6-14-8-10-21-17(14)11-15/h4-7,9,11-13,21,24H,3,8,10H2,1-2H3/t13-/m1/s1. The molecule has 1 atom stereocenters. The summed E-state index contributed by atoms with van der Waals surface area (Å²) in [6.07, 6.45) is 3.82. The molecular weight excluding hydrogens is 392 g/mol. The average Bonchev–Trinajstić information content (AvgIpc) is 3.34. The highest BCUT2D eigenvalue weighted by molar-refractivity contribution is 7.89. The summed E-state index contributed by atoms with van der Waals surface area (Å²) >= 11 is 0. The lowest BCUT2D eigenvalue weighted by Crippen LogP contribution is -2.29. The number of hydrogen-bond donors (Lipinski definition) is 2. The van der Waals surface area contributed by atoms with E-state index in [2.05, 4.69) is 25.2 Å². The van der Waals surface area contributed by atoms with Crippen molar-refractivity contribution in [2.45, 2.75) is 37.8 Å². The second kappa shape index (κ2) is 7.80. The third-order valence-electron chi connectivity index (χ3n) is 4.73. The normalized spacial score (nSPS) is 14.3. The van der Waals surface area contributed by atoms with Crippen molar-refractivity contribution in [1.82, 2.24) is 24.5 Å². The topological polar surface area (TPSA) is 111 Å². The van der Waals surface area contributed by atoms with Gasteiger partial charge in [0, 0.05) is 37.2 Å². The highest BCUT2D eigenvalue weighted by Gasteiger charge is 2.24. The molecule has 0 unspecified atom stereocenters. The Morgan fingerprint density at radius 1 is 1.31 bits per heavy atom. The van der Waals surface area contributed by atoms with Crippen molar-refractivity contribution in [3.8, 4) is 11.8 Å². The first-order valence-electron chi connectivity index (χ1n) is 9.38. The SMILES string of the molecule is CCn1c(Oc2ccc3c(c2)NCC3)nnc1[C@@H](C)NS(=O)(=O)c1cccnc1. The first-order valence-corrected chi connectivity index (χ1v) is 10.9. The minimum absolute atomic E-state index is 0.0940. The van der Waals surface area contributed by atoms with Crippen molar-refractivity contribution in [1.29, 1.82) is 0 Å². The lowest BCUT2D eigenvalue weighted by Gasteiger charge is -2.15. The molecule has 4 rings (SSSR count). The Morgan fingerprint density at radius 2 is 2.17 bits per heavy atom. The van der Waals surface area contributed by atoms with Crippen LogP contribution in [0.3, 0.4) is 0 Å². The number of aromatic nitrogens is 4. The zero-order valence-corrected chi connectivity index (χ0v) is 17.0. The summed E-state index contributed by atoms with van der Waals surface area (Å²) in [6, 6.07) is 8.64. The van der Waals surface area contributed by atoms with Crippen molar-refractivity contribution in [3.63, 3.8) is 0 Å².